The van der Waals surface area contributed by atoms with E-state index in [2.05, 4.69) is 41.4 Å². The van der Waals surface area contributed by atoms with Crippen molar-refractivity contribution < 1.29 is 5.11 Å². The van der Waals surface area contributed by atoms with E-state index < -0.39 is 6.10 Å². The molecule has 1 heteroatoms. The van der Waals surface area contributed by atoms with Crippen LogP contribution in [0.5, 0.6) is 0 Å². The van der Waals surface area contributed by atoms with Crippen LogP contribution in [0.2, 0.25) is 0 Å². The van der Waals surface area contributed by atoms with Crippen molar-refractivity contribution in [3.63, 3.8) is 0 Å². The molecule has 1 N–H and O–H groups in total. The molecule has 1 unspecified atom stereocenters. The van der Waals surface area contributed by atoms with Crippen LogP contribution < -0.4 is 0 Å². The fourth-order valence-corrected chi connectivity index (χ4v) is 0.568. The lowest BCUT2D eigenvalue weighted by molar-refractivity contribution is 0.281. The fraction of sp³-hybridized carbons (Fsp3) is 0.143. The van der Waals surface area contributed by atoms with E-state index in [0.717, 1.165) is 0 Å². The maximum absolute atomic E-state index is 9.25. The van der Waals surface area contributed by atoms with Gasteiger partial charge in [-0.1, -0.05) is 24.1 Å². The zero-order valence-corrected chi connectivity index (χ0v) is 8.41. The van der Waals surface area contributed by atoms with Gasteiger partial charge in [0.15, 0.2) is 0 Å². The van der Waals surface area contributed by atoms with Gasteiger partial charge in [0.2, 0.25) is 0 Å². The van der Waals surface area contributed by atoms with Crippen molar-refractivity contribution in [1.29, 1.82) is 0 Å². The number of rotatable bonds is 2. The number of terminal acetylenes is 1. The highest BCUT2D eigenvalue weighted by Crippen LogP contribution is 1.84. The molecule has 0 bridgehead atoms. The number of aliphatic hydroxyl groups excluding tert-OH is 1. The van der Waals surface area contributed by atoms with Gasteiger partial charge in [0.05, 0.1) is 0 Å². The number of aliphatic hydroxyl groups is 1. The van der Waals surface area contributed by atoms with E-state index in [1.807, 2.05) is 13.0 Å². The van der Waals surface area contributed by atoms with Gasteiger partial charge >= 0.3 is 0 Å². The first kappa shape index (κ1) is 12.7. The molecular weight excluding hydrogens is 184 g/mol. The van der Waals surface area contributed by atoms with E-state index >= 15 is 0 Å². The Kier molecular flexibility index (Phi) is 8.26. The lowest BCUT2D eigenvalue weighted by Gasteiger charge is -1.88. The van der Waals surface area contributed by atoms with Crippen molar-refractivity contribution >= 4 is 0 Å². The predicted octanol–water partition coefficient (Wildman–Crippen LogP) is 1.12. The second-order valence-electron chi connectivity index (χ2n) is 2.27. The summed E-state index contributed by atoms with van der Waals surface area (Å²) in [6.07, 6.45) is 11.0. The molecule has 0 saturated carbocycles. The summed E-state index contributed by atoms with van der Waals surface area (Å²) >= 11 is 0. The highest BCUT2D eigenvalue weighted by molar-refractivity contribution is 5.39. The number of hydrogen-bond donors (Lipinski definition) is 1. The molecule has 0 aliphatic carbocycles. The molecule has 15 heavy (non-hydrogen) atoms. The molecule has 1 nitrogen and oxygen atoms in total. The molecule has 0 radical (unpaired) electrons. The van der Waals surface area contributed by atoms with Crippen LogP contribution in [0.3, 0.4) is 0 Å². The Morgan fingerprint density at radius 3 is 2.40 bits per heavy atom. The van der Waals surface area contributed by atoms with Gasteiger partial charge < -0.3 is 5.11 Å². The molecule has 0 rings (SSSR count). The van der Waals surface area contributed by atoms with Gasteiger partial charge in [0, 0.05) is 0 Å². The SMILES string of the molecule is C#CC#CC#CC#CC(O)/C=C/C=C\C. The lowest BCUT2D eigenvalue weighted by Crippen LogP contribution is -1.95. The molecule has 72 valence electrons. The van der Waals surface area contributed by atoms with Crippen molar-refractivity contribution in [1.82, 2.24) is 0 Å². The molecule has 0 aromatic heterocycles. The third-order valence-corrected chi connectivity index (χ3v) is 1.14. The smallest absolute Gasteiger partial charge is 0.134 e. The summed E-state index contributed by atoms with van der Waals surface area (Å²) in [5.41, 5.74) is 0. The van der Waals surface area contributed by atoms with Crippen LogP contribution >= 0.6 is 0 Å². The second-order valence-corrected chi connectivity index (χ2v) is 2.27. The average Bonchev–Trinajstić information content (AvgIpc) is 2.23. The molecule has 0 aliphatic heterocycles. The van der Waals surface area contributed by atoms with Gasteiger partial charge in [-0.3, -0.25) is 0 Å². The molecule has 0 saturated heterocycles. The Bertz CT molecular complexity index is 453. The van der Waals surface area contributed by atoms with Crippen LogP contribution in [-0.4, -0.2) is 11.2 Å². The average molecular weight is 194 g/mol. The summed E-state index contributed by atoms with van der Waals surface area (Å²) in [7, 11) is 0. The van der Waals surface area contributed by atoms with Crippen LogP contribution in [0, 0.1) is 47.9 Å². The van der Waals surface area contributed by atoms with E-state index in [0.29, 0.717) is 0 Å². The van der Waals surface area contributed by atoms with Gasteiger partial charge in [0.25, 0.3) is 0 Å². The monoisotopic (exact) mass is 194 g/mol. The van der Waals surface area contributed by atoms with Gasteiger partial charge in [-0.15, -0.1) is 6.42 Å². The maximum Gasteiger partial charge on any atom is 0.134 e. The van der Waals surface area contributed by atoms with Crippen LogP contribution in [0.4, 0.5) is 0 Å². The standard InChI is InChI=1S/C14H10O/c1-3-5-7-8-9-11-13-14(15)12-10-6-4-2/h1,4,6,10,12,14-15H,2H3/b6-4-,12-10+. The Morgan fingerprint density at radius 2 is 1.73 bits per heavy atom. The summed E-state index contributed by atoms with van der Waals surface area (Å²) in [6.45, 7) is 1.89. The van der Waals surface area contributed by atoms with Gasteiger partial charge in [-0.25, -0.2) is 0 Å². The summed E-state index contributed by atoms with van der Waals surface area (Å²) in [6, 6.07) is 0. The van der Waals surface area contributed by atoms with Crippen molar-refractivity contribution in [2.45, 2.75) is 13.0 Å². The molecule has 0 aromatic carbocycles. The minimum atomic E-state index is -0.809. The first-order valence-corrected chi connectivity index (χ1v) is 4.25. The van der Waals surface area contributed by atoms with E-state index in [1.165, 1.54) is 0 Å². The fourth-order valence-electron chi connectivity index (χ4n) is 0.568. The van der Waals surface area contributed by atoms with Crippen molar-refractivity contribution in [3.8, 4) is 47.9 Å². The third-order valence-electron chi connectivity index (χ3n) is 1.14. The Hall–Kier alpha value is -2.32. The highest BCUT2D eigenvalue weighted by Gasteiger charge is 1.86. The Morgan fingerprint density at radius 1 is 1.07 bits per heavy atom. The molecule has 0 fully saturated rings. The molecular formula is C14H10O. The molecule has 0 spiro atoms. The zero-order valence-electron chi connectivity index (χ0n) is 8.41. The van der Waals surface area contributed by atoms with Crippen molar-refractivity contribution in [2.24, 2.45) is 0 Å². The van der Waals surface area contributed by atoms with Crippen LogP contribution in [0.25, 0.3) is 0 Å². The van der Waals surface area contributed by atoms with E-state index in [-0.39, 0.29) is 0 Å². The zero-order chi connectivity index (χ0) is 11.4. The summed E-state index contributed by atoms with van der Waals surface area (Å²) in [5.74, 6) is 16.7. The minimum Gasteiger partial charge on any atom is -0.377 e. The molecule has 0 heterocycles. The largest absolute Gasteiger partial charge is 0.377 e. The van der Waals surface area contributed by atoms with E-state index in [9.17, 15) is 5.11 Å². The Balaban J connectivity index is 4.17. The van der Waals surface area contributed by atoms with Crippen molar-refractivity contribution in [2.75, 3.05) is 0 Å². The molecule has 1 atom stereocenters. The Labute approximate surface area is 90.9 Å². The highest BCUT2D eigenvalue weighted by atomic mass is 16.3. The maximum atomic E-state index is 9.25. The third kappa shape index (κ3) is 9.60. The summed E-state index contributed by atoms with van der Waals surface area (Å²) < 4.78 is 0. The van der Waals surface area contributed by atoms with Crippen molar-refractivity contribution in [3.05, 3.63) is 24.3 Å². The van der Waals surface area contributed by atoms with Crippen LogP contribution in [0.15, 0.2) is 24.3 Å². The minimum absolute atomic E-state index is 0.809. The second kappa shape index (κ2) is 9.77. The molecule has 0 aromatic rings. The molecule has 0 aliphatic rings. The summed E-state index contributed by atoms with van der Waals surface area (Å²) in [4.78, 5) is 0. The topological polar surface area (TPSA) is 20.2 Å². The lowest BCUT2D eigenvalue weighted by atomic mass is 10.3. The van der Waals surface area contributed by atoms with E-state index in [1.54, 1.807) is 18.2 Å². The number of allylic oxidation sites excluding steroid dienone is 3. The van der Waals surface area contributed by atoms with E-state index in [4.69, 9.17) is 6.42 Å². The number of hydrogen-bond acceptors (Lipinski definition) is 1. The van der Waals surface area contributed by atoms with Crippen LogP contribution in [-0.2, 0) is 0 Å². The molecule has 0 amide bonds. The predicted molar refractivity (Wildman–Crippen MR) is 62.1 cm³/mol. The summed E-state index contributed by atoms with van der Waals surface area (Å²) in [5, 5.41) is 9.25. The first-order chi connectivity index (χ1) is 7.31. The van der Waals surface area contributed by atoms with Gasteiger partial charge in [-0.05, 0) is 48.5 Å². The quantitative estimate of drug-likeness (QED) is 0.516. The van der Waals surface area contributed by atoms with Crippen LogP contribution in [0.1, 0.15) is 6.92 Å². The van der Waals surface area contributed by atoms with Gasteiger partial charge in [-0.2, -0.15) is 0 Å². The first-order valence-electron chi connectivity index (χ1n) is 4.25. The normalized spacial score (nSPS) is 10.2. The van der Waals surface area contributed by atoms with Gasteiger partial charge in [0.1, 0.15) is 6.10 Å².